The number of nitrogens with zero attached hydrogens (tertiary/aromatic N) is 1. The Morgan fingerprint density at radius 1 is 1.24 bits per heavy atom. The summed E-state index contributed by atoms with van der Waals surface area (Å²) in [5, 5.41) is 0. The van der Waals surface area contributed by atoms with Crippen molar-refractivity contribution in [3.63, 3.8) is 0 Å². The molecular weight excluding hydrogens is 374 g/mol. The summed E-state index contributed by atoms with van der Waals surface area (Å²) in [6.45, 7) is 4.36. The van der Waals surface area contributed by atoms with Crippen LogP contribution in [0.3, 0.4) is 0 Å². The van der Waals surface area contributed by atoms with Crippen LogP contribution in [0.25, 0.3) is 11.1 Å². The van der Waals surface area contributed by atoms with Gasteiger partial charge in [-0.3, -0.25) is 4.79 Å². The van der Waals surface area contributed by atoms with Gasteiger partial charge in [-0.1, -0.05) is 60.0 Å². The molecule has 2 aromatic rings. The maximum Gasteiger partial charge on any atom is 0.226 e. The summed E-state index contributed by atoms with van der Waals surface area (Å²) in [7, 11) is 1.92. The number of rotatable bonds is 4. The number of unbranched alkanes of at least 4 members (excludes halogenated alkanes) is 1. The Balaban J connectivity index is 2.08. The minimum atomic E-state index is 0.225. The molecule has 1 aliphatic heterocycles. The average Bonchev–Trinajstić information content (AvgIpc) is 2.73. The SMILES string of the molecule is CCCCC1CCC(=O)N(C)c2cc(-c3cccc(Br)c3C)ccc21. The monoisotopic (exact) mass is 399 g/mol. The third-order valence-corrected chi connectivity index (χ3v) is 6.26. The first-order valence-electron chi connectivity index (χ1n) is 9.19. The summed E-state index contributed by atoms with van der Waals surface area (Å²) in [6, 6.07) is 13.0. The second-order valence-corrected chi connectivity index (χ2v) is 7.87. The molecule has 132 valence electrons. The second kappa shape index (κ2) is 7.74. The highest BCUT2D eigenvalue weighted by Crippen LogP contribution is 2.40. The zero-order valence-electron chi connectivity index (χ0n) is 15.3. The number of carbonyl (C=O) groups excluding carboxylic acids is 1. The quantitative estimate of drug-likeness (QED) is 0.577. The zero-order chi connectivity index (χ0) is 18.0. The van der Waals surface area contributed by atoms with E-state index in [0.29, 0.717) is 12.3 Å². The topological polar surface area (TPSA) is 20.3 Å². The van der Waals surface area contributed by atoms with Crippen molar-refractivity contribution in [2.75, 3.05) is 11.9 Å². The Morgan fingerprint density at radius 3 is 2.80 bits per heavy atom. The Hall–Kier alpha value is -1.61. The van der Waals surface area contributed by atoms with Crippen LogP contribution in [0.15, 0.2) is 40.9 Å². The molecule has 0 saturated heterocycles. The Morgan fingerprint density at radius 2 is 2.04 bits per heavy atom. The lowest BCUT2D eigenvalue weighted by Gasteiger charge is -2.22. The van der Waals surface area contributed by atoms with Gasteiger partial charge in [0.15, 0.2) is 0 Å². The number of benzene rings is 2. The fourth-order valence-corrected chi connectivity index (χ4v) is 4.14. The first-order valence-corrected chi connectivity index (χ1v) is 9.98. The van der Waals surface area contributed by atoms with E-state index in [2.05, 4.69) is 66.2 Å². The number of hydrogen-bond acceptors (Lipinski definition) is 1. The molecule has 1 heterocycles. The minimum Gasteiger partial charge on any atom is -0.315 e. The van der Waals surface area contributed by atoms with Crippen LogP contribution in [0.1, 0.15) is 56.1 Å². The lowest BCUT2D eigenvalue weighted by molar-refractivity contribution is -0.118. The van der Waals surface area contributed by atoms with Gasteiger partial charge < -0.3 is 4.90 Å². The van der Waals surface area contributed by atoms with Gasteiger partial charge in [0.25, 0.3) is 0 Å². The molecule has 0 spiro atoms. The third-order valence-electron chi connectivity index (χ3n) is 5.40. The molecule has 2 aromatic carbocycles. The van der Waals surface area contributed by atoms with E-state index in [1.807, 2.05) is 11.9 Å². The van der Waals surface area contributed by atoms with Crippen LogP contribution in [0.4, 0.5) is 5.69 Å². The predicted octanol–water partition coefficient (Wildman–Crippen LogP) is 6.45. The summed E-state index contributed by atoms with van der Waals surface area (Å²) < 4.78 is 1.12. The fraction of sp³-hybridized carbons (Fsp3) is 0.409. The van der Waals surface area contributed by atoms with Gasteiger partial charge in [0.2, 0.25) is 5.91 Å². The molecule has 25 heavy (non-hydrogen) atoms. The van der Waals surface area contributed by atoms with Gasteiger partial charge >= 0.3 is 0 Å². The van der Waals surface area contributed by atoms with Gasteiger partial charge in [-0.25, -0.2) is 0 Å². The lowest BCUT2D eigenvalue weighted by atomic mass is 9.88. The maximum absolute atomic E-state index is 12.5. The highest BCUT2D eigenvalue weighted by atomic mass is 79.9. The van der Waals surface area contributed by atoms with Gasteiger partial charge in [-0.05, 0) is 60.1 Å². The van der Waals surface area contributed by atoms with E-state index in [9.17, 15) is 4.79 Å². The summed E-state index contributed by atoms with van der Waals surface area (Å²) in [5.41, 5.74) is 6.03. The lowest BCUT2D eigenvalue weighted by Crippen LogP contribution is -2.25. The largest absolute Gasteiger partial charge is 0.315 e. The van der Waals surface area contributed by atoms with E-state index in [1.54, 1.807) is 0 Å². The molecule has 3 rings (SSSR count). The summed E-state index contributed by atoms with van der Waals surface area (Å²) in [6.07, 6.45) is 5.19. The second-order valence-electron chi connectivity index (χ2n) is 7.02. The number of amides is 1. The first-order chi connectivity index (χ1) is 12.0. The van der Waals surface area contributed by atoms with E-state index in [0.717, 1.165) is 16.6 Å². The van der Waals surface area contributed by atoms with Crippen molar-refractivity contribution in [3.8, 4) is 11.1 Å². The summed E-state index contributed by atoms with van der Waals surface area (Å²) in [4.78, 5) is 14.3. The van der Waals surface area contributed by atoms with E-state index < -0.39 is 0 Å². The fourth-order valence-electron chi connectivity index (χ4n) is 3.77. The highest BCUT2D eigenvalue weighted by Gasteiger charge is 2.26. The molecule has 0 N–H and O–H groups in total. The van der Waals surface area contributed by atoms with Gasteiger partial charge in [0.05, 0.1) is 0 Å². The number of anilines is 1. The van der Waals surface area contributed by atoms with Crippen molar-refractivity contribution in [1.82, 2.24) is 0 Å². The van der Waals surface area contributed by atoms with E-state index in [1.165, 1.54) is 41.5 Å². The van der Waals surface area contributed by atoms with E-state index in [4.69, 9.17) is 0 Å². The van der Waals surface area contributed by atoms with Gasteiger partial charge in [-0.15, -0.1) is 0 Å². The molecule has 2 nitrogen and oxygen atoms in total. The van der Waals surface area contributed by atoms with Crippen molar-refractivity contribution in [2.45, 2.75) is 51.9 Å². The van der Waals surface area contributed by atoms with Crippen LogP contribution < -0.4 is 4.90 Å². The minimum absolute atomic E-state index is 0.225. The zero-order valence-corrected chi connectivity index (χ0v) is 16.9. The Labute approximate surface area is 159 Å². The van der Waals surface area contributed by atoms with Crippen molar-refractivity contribution >= 4 is 27.5 Å². The molecule has 1 amide bonds. The molecule has 0 aliphatic carbocycles. The number of fused-ring (bicyclic) bond motifs is 1. The molecular formula is C22H26BrNO. The summed E-state index contributed by atoms with van der Waals surface area (Å²) >= 11 is 3.63. The Bertz CT molecular complexity index is 784. The smallest absolute Gasteiger partial charge is 0.226 e. The molecule has 3 heteroatoms. The van der Waals surface area contributed by atoms with Gasteiger partial charge in [0, 0.05) is 23.6 Å². The molecule has 0 bridgehead atoms. The van der Waals surface area contributed by atoms with Crippen molar-refractivity contribution in [2.24, 2.45) is 0 Å². The number of hydrogen-bond donors (Lipinski definition) is 0. The molecule has 0 fully saturated rings. The van der Waals surface area contributed by atoms with Crippen LogP contribution in [-0.4, -0.2) is 13.0 Å². The average molecular weight is 400 g/mol. The van der Waals surface area contributed by atoms with E-state index >= 15 is 0 Å². The molecule has 1 atom stereocenters. The summed E-state index contributed by atoms with van der Waals surface area (Å²) in [5.74, 6) is 0.713. The van der Waals surface area contributed by atoms with Gasteiger partial charge in [0.1, 0.15) is 0 Å². The molecule has 0 aromatic heterocycles. The molecule has 1 unspecified atom stereocenters. The van der Waals surface area contributed by atoms with Crippen LogP contribution in [0, 0.1) is 6.92 Å². The van der Waals surface area contributed by atoms with Crippen molar-refractivity contribution in [1.29, 1.82) is 0 Å². The van der Waals surface area contributed by atoms with E-state index in [-0.39, 0.29) is 5.91 Å². The first kappa shape index (κ1) is 18.2. The highest BCUT2D eigenvalue weighted by molar-refractivity contribution is 9.10. The Kier molecular flexibility index (Phi) is 5.63. The van der Waals surface area contributed by atoms with Crippen LogP contribution in [0.5, 0.6) is 0 Å². The van der Waals surface area contributed by atoms with Crippen molar-refractivity contribution in [3.05, 3.63) is 52.0 Å². The van der Waals surface area contributed by atoms with Crippen LogP contribution in [-0.2, 0) is 4.79 Å². The standard InChI is InChI=1S/C22H26BrNO/c1-4-5-7-16-11-13-22(25)24(3)21-14-17(10-12-19(16)21)18-8-6-9-20(23)15(18)2/h6,8-10,12,14,16H,4-5,7,11,13H2,1-3H3. The van der Waals surface area contributed by atoms with Crippen molar-refractivity contribution < 1.29 is 4.79 Å². The molecule has 0 saturated carbocycles. The van der Waals surface area contributed by atoms with Gasteiger partial charge in [-0.2, -0.15) is 0 Å². The maximum atomic E-state index is 12.5. The number of halogens is 1. The predicted molar refractivity (Wildman–Crippen MR) is 109 cm³/mol. The normalized spacial score (nSPS) is 17.4. The van der Waals surface area contributed by atoms with Crippen LogP contribution in [0.2, 0.25) is 0 Å². The third kappa shape index (κ3) is 3.67. The van der Waals surface area contributed by atoms with Crippen LogP contribution >= 0.6 is 15.9 Å². The molecule has 1 aliphatic rings. The number of carbonyl (C=O) groups is 1. The molecule has 0 radical (unpaired) electrons.